The number of hydrogen-bond donors (Lipinski definition) is 2. The van der Waals surface area contributed by atoms with Crippen LogP contribution in [-0.4, -0.2) is 47.5 Å². The number of aliphatic imine (C=N–C) groups is 2. The molecule has 0 fully saturated rings. The molecule has 3 N–H and O–H groups in total. The number of aliphatic carboxylic acids is 2. The molecule has 0 amide bonds. The summed E-state index contributed by atoms with van der Waals surface area (Å²) in [6, 6.07) is -0.851. The summed E-state index contributed by atoms with van der Waals surface area (Å²) in [7, 11) is 0. The second-order valence-electron chi connectivity index (χ2n) is 3.14. The van der Waals surface area contributed by atoms with Crippen LogP contribution in [0.5, 0.6) is 0 Å². The fraction of sp³-hybridized carbons (Fsp3) is 0.444. The van der Waals surface area contributed by atoms with E-state index in [4.69, 9.17) is 10.8 Å². The number of carbonyl (C=O) groups is 3. The molecule has 1 aliphatic rings. The molecule has 0 unspecified atom stereocenters. The van der Waals surface area contributed by atoms with Gasteiger partial charge in [0.2, 0.25) is 0 Å². The van der Waals surface area contributed by atoms with Gasteiger partial charge in [-0.3, -0.25) is 14.6 Å². The van der Waals surface area contributed by atoms with Crippen LogP contribution in [0.1, 0.15) is 13.3 Å². The molecule has 8 nitrogen and oxygen atoms in total. The van der Waals surface area contributed by atoms with Crippen LogP contribution in [0.2, 0.25) is 0 Å². The van der Waals surface area contributed by atoms with Gasteiger partial charge in [0.1, 0.15) is 18.3 Å². The zero-order valence-electron chi connectivity index (χ0n) is 10.1. The van der Waals surface area contributed by atoms with Crippen molar-refractivity contribution >= 4 is 29.8 Å². The molecule has 0 aromatic carbocycles. The van der Waals surface area contributed by atoms with Crippen molar-refractivity contribution in [3.8, 4) is 0 Å². The summed E-state index contributed by atoms with van der Waals surface area (Å²) >= 11 is 0. The second kappa shape index (κ2) is 9.89. The van der Waals surface area contributed by atoms with Crippen LogP contribution >= 0.6 is 0 Å². The number of carboxylic acid groups (broad SMARTS) is 2. The number of nitrogens with two attached hydrogens (primary N) is 1. The van der Waals surface area contributed by atoms with Crippen LogP contribution in [0, 0.1) is 0 Å². The van der Waals surface area contributed by atoms with E-state index in [0.29, 0.717) is 6.54 Å². The van der Waals surface area contributed by atoms with Crippen molar-refractivity contribution in [1.82, 2.24) is 0 Å². The Kier molecular flexibility index (Phi) is 10.6. The van der Waals surface area contributed by atoms with E-state index < -0.39 is 23.8 Å². The molecule has 0 aromatic heterocycles. The summed E-state index contributed by atoms with van der Waals surface area (Å²) in [6.07, 6.45) is 1.71. The van der Waals surface area contributed by atoms with E-state index in [1.165, 1.54) is 6.34 Å². The largest absolute Gasteiger partial charge is 1.00 e. The molecule has 94 valence electrons. The van der Waals surface area contributed by atoms with E-state index in [9.17, 15) is 19.5 Å². The molecular formula is C9H12N3NaO5. The molecule has 18 heavy (non-hydrogen) atoms. The maximum atomic E-state index is 10.3. The Morgan fingerprint density at radius 1 is 1.56 bits per heavy atom. The fourth-order valence-electron chi connectivity index (χ4n) is 0.768. The molecule has 0 aromatic rings. The number of Topliss-reactive ketones (excluding diaryl/α,β-unsaturated/α-hetero) is 1. The van der Waals surface area contributed by atoms with E-state index in [-0.39, 0.29) is 36.0 Å². The van der Waals surface area contributed by atoms with Gasteiger partial charge in [-0.15, -0.1) is 0 Å². The molecule has 0 saturated heterocycles. The zero-order valence-corrected chi connectivity index (χ0v) is 12.1. The van der Waals surface area contributed by atoms with Gasteiger partial charge in [0.15, 0.2) is 5.78 Å². The van der Waals surface area contributed by atoms with Gasteiger partial charge < -0.3 is 20.7 Å². The van der Waals surface area contributed by atoms with Crippen molar-refractivity contribution in [3.05, 3.63) is 0 Å². The summed E-state index contributed by atoms with van der Waals surface area (Å²) in [5.74, 6) is -3.57. The summed E-state index contributed by atoms with van der Waals surface area (Å²) in [5, 5.41) is 17.7. The summed E-state index contributed by atoms with van der Waals surface area (Å²) in [4.78, 5) is 36.6. The number of nitrogens with zero attached hydrogens (tertiary/aromatic N) is 2. The zero-order chi connectivity index (χ0) is 13.4. The molecule has 9 heteroatoms. The van der Waals surface area contributed by atoms with Crippen LogP contribution in [0.15, 0.2) is 9.98 Å². The molecule has 1 rings (SSSR count). The van der Waals surface area contributed by atoms with Gasteiger partial charge in [0.05, 0.1) is 6.54 Å². The maximum Gasteiger partial charge on any atom is 1.00 e. The van der Waals surface area contributed by atoms with E-state index in [1.807, 2.05) is 0 Å². The van der Waals surface area contributed by atoms with Gasteiger partial charge in [-0.05, 0) is 0 Å². The molecule has 0 spiro atoms. The third-order valence-electron chi connectivity index (χ3n) is 1.66. The van der Waals surface area contributed by atoms with Gasteiger partial charge in [0, 0.05) is 19.1 Å². The summed E-state index contributed by atoms with van der Waals surface area (Å²) in [5.41, 5.74) is 6.00. The Labute approximate surface area is 125 Å². The quantitative estimate of drug-likeness (QED) is 0.383. The number of carbonyl (C=O) groups excluding carboxylic acids is 2. The number of ketones is 1. The first-order chi connectivity index (χ1) is 7.84. The predicted octanol–water partition coefficient (Wildman–Crippen LogP) is -5.40. The number of hydrogen-bond acceptors (Lipinski definition) is 7. The Morgan fingerprint density at radius 3 is 2.33 bits per heavy atom. The SMILES string of the molecule is CC(=O)C(=O)[O-].N[C@@H](CC1=NC=NC1)C(=O)O.[Na+]. The molecule has 0 radical (unpaired) electrons. The Hall–Kier alpha value is -1.09. The standard InChI is InChI=1S/C6H9N3O2.C3H4O3.Na/c7-5(6(10)11)1-4-2-8-3-9-4;1-2(4)3(5)6;/h3,5H,1-2,7H2,(H,10,11);1H3,(H,5,6);/q;;+1/p-1/t5-;;/m0../s1. The fourth-order valence-corrected chi connectivity index (χ4v) is 0.768. The van der Waals surface area contributed by atoms with Gasteiger partial charge in [0.25, 0.3) is 0 Å². The topological polar surface area (TPSA) is 145 Å². The van der Waals surface area contributed by atoms with Crippen molar-refractivity contribution in [3.63, 3.8) is 0 Å². The Morgan fingerprint density at radius 2 is 2.06 bits per heavy atom. The van der Waals surface area contributed by atoms with Gasteiger partial charge in [-0.2, -0.15) is 0 Å². The average molecular weight is 265 g/mol. The van der Waals surface area contributed by atoms with E-state index in [0.717, 1.165) is 12.6 Å². The monoisotopic (exact) mass is 265 g/mol. The third kappa shape index (κ3) is 8.99. The van der Waals surface area contributed by atoms with Crippen molar-refractivity contribution in [2.45, 2.75) is 19.4 Å². The average Bonchev–Trinajstić information content (AvgIpc) is 2.71. The minimum atomic E-state index is -1.63. The van der Waals surface area contributed by atoms with E-state index >= 15 is 0 Å². The van der Waals surface area contributed by atoms with E-state index in [2.05, 4.69) is 9.98 Å². The molecule has 0 aliphatic carbocycles. The normalized spacial score (nSPS) is 13.6. The Bertz CT molecular complexity index is 368. The van der Waals surface area contributed by atoms with Crippen LogP contribution in [-0.2, 0) is 14.4 Å². The molecule has 1 heterocycles. The molecule has 0 saturated carbocycles. The first kappa shape index (κ1) is 19.3. The molecule has 0 bridgehead atoms. The summed E-state index contributed by atoms with van der Waals surface area (Å²) < 4.78 is 0. The Balaban J connectivity index is 0. The second-order valence-corrected chi connectivity index (χ2v) is 3.14. The molecule has 1 aliphatic heterocycles. The first-order valence-electron chi connectivity index (χ1n) is 4.58. The molecular weight excluding hydrogens is 253 g/mol. The number of rotatable bonds is 4. The predicted molar refractivity (Wildman–Crippen MR) is 56.7 cm³/mol. The van der Waals surface area contributed by atoms with Crippen molar-refractivity contribution in [2.75, 3.05) is 6.54 Å². The third-order valence-corrected chi connectivity index (χ3v) is 1.66. The molecule has 1 atom stereocenters. The van der Waals surface area contributed by atoms with Crippen LogP contribution in [0.4, 0.5) is 0 Å². The van der Waals surface area contributed by atoms with Gasteiger partial charge in [-0.25, -0.2) is 4.99 Å². The first-order valence-corrected chi connectivity index (χ1v) is 4.58. The van der Waals surface area contributed by atoms with Crippen molar-refractivity contribution in [1.29, 1.82) is 0 Å². The maximum absolute atomic E-state index is 10.3. The van der Waals surface area contributed by atoms with Crippen LogP contribution < -0.4 is 40.4 Å². The minimum Gasteiger partial charge on any atom is -0.542 e. The van der Waals surface area contributed by atoms with Crippen LogP contribution in [0.25, 0.3) is 0 Å². The summed E-state index contributed by atoms with van der Waals surface area (Å²) in [6.45, 7) is 1.43. The van der Waals surface area contributed by atoms with Crippen molar-refractivity contribution < 1.29 is 54.2 Å². The number of carboxylic acids is 2. The smallest absolute Gasteiger partial charge is 0.542 e. The van der Waals surface area contributed by atoms with Gasteiger partial charge >= 0.3 is 35.5 Å². The van der Waals surface area contributed by atoms with Gasteiger partial charge in [-0.1, -0.05) is 0 Å². The van der Waals surface area contributed by atoms with Crippen LogP contribution in [0.3, 0.4) is 0 Å². The minimum absolute atomic E-state index is 0. The van der Waals surface area contributed by atoms with E-state index in [1.54, 1.807) is 0 Å². The van der Waals surface area contributed by atoms with Crippen molar-refractivity contribution in [2.24, 2.45) is 15.7 Å².